The van der Waals surface area contributed by atoms with Crippen LogP contribution in [0.2, 0.25) is 4.34 Å². The molecule has 1 unspecified atom stereocenters. The molecule has 0 spiro atoms. The highest BCUT2D eigenvalue weighted by Crippen LogP contribution is 2.33. The molecule has 0 bridgehead atoms. The van der Waals surface area contributed by atoms with Gasteiger partial charge in [-0.25, -0.2) is 13.4 Å². The van der Waals surface area contributed by atoms with Gasteiger partial charge in [0.15, 0.2) is 5.13 Å². The zero-order valence-electron chi connectivity index (χ0n) is 17.8. The largest absolute Gasteiger partial charge is 0.301 e. The molecule has 1 aliphatic heterocycles. The first-order valence-electron chi connectivity index (χ1n) is 10.6. The first kappa shape index (κ1) is 23.2. The molecule has 1 atom stereocenters. The smallest absolute Gasteiger partial charge is 0.253 e. The van der Waals surface area contributed by atoms with Crippen LogP contribution in [0.1, 0.15) is 12.8 Å². The number of benzene rings is 2. The third kappa shape index (κ3) is 4.67. The third-order valence-corrected chi connectivity index (χ3v) is 10.0. The van der Waals surface area contributed by atoms with E-state index in [9.17, 15) is 13.2 Å². The van der Waals surface area contributed by atoms with Gasteiger partial charge in [0.05, 0.1) is 10.0 Å². The summed E-state index contributed by atoms with van der Waals surface area (Å²) < 4.78 is 27.8. The summed E-state index contributed by atoms with van der Waals surface area (Å²) in [7, 11) is -3.78. The predicted octanol–water partition coefficient (Wildman–Crippen LogP) is 5.98. The van der Waals surface area contributed by atoms with E-state index in [0.29, 0.717) is 28.9 Å². The lowest BCUT2D eigenvalue weighted by Gasteiger charge is -2.22. The van der Waals surface area contributed by atoms with E-state index in [-0.39, 0.29) is 10.1 Å². The van der Waals surface area contributed by atoms with Crippen LogP contribution in [0.5, 0.6) is 0 Å². The summed E-state index contributed by atoms with van der Waals surface area (Å²) in [5, 5.41) is 5.13. The number of amides is 1. The van der Waals surface area contributed by atoms with E-state index in [1.54, 1.807) is 6.07 Å². The van der Waals surface area contributed by atoms with Gasteiger partial charge in [-0.05, 0) is 36.1 Å². The summed E-state index contributed by atoms with van der Waals surface area (Å²) in [5.41, 5.74) is 3.95. The minimum atomic E-state index is -3.78. The maximum absolute atomic E-state index is 13.0. The Balaban J connectivity index is 1.29. The Morgan fingerprint density at radius 1 is 1.00 bits per heavy atom. The first-order valence-corrected chi connectivity index (χ1v) is 14.1. The Bertz CT molecular complexity index is 1420. The van der Waals surface area contributed by atoms with Crippen LogP contribution in [-0.4, -0.2) is 36.2 Å². The lowest BCUT2D eigenvalue weighted by atomic mass is 10.0. The van der Waals surface area contributed by atoms with Crippen LogP contribution in [-0.2, 0) is 14.8 Å². The maximum Gasteiger partial charge on any atom is 0.253 e. The Hall–Kier alpha value is -2.56. The average molecular weight is 530 g/mol. The number of thiazole rings is 1. The van der Waals surface area contributed by atoms with Gasteiger partial charge in [0.2, 0.25) is 5.91 Å². The molecule has 10 heteroatoms. The van der Waals surface area contributed by atoms with Gasteiger partial charge in [-0.3, -0.25) is 4.79 Å². The van der Waals surface area contributed by atoms with E-state index in [2.05, 4.69) is 22.4 Å². The number of carbonyl (C=O) groups is 1. The Morgan fingerprint density at radius 2 is 1.71 bits per heavy atom. The highest BCUT2D eigenvalue weighted by molar-refractivity contribution is 7.91. The van der Waals surface area contributed by atoms with Crippen LogP contribution in [0.15, 0.2) is 76.3 Å². The van der Waals surface area contributed by atoms with Crippen LogP contribution in [0, 0.1) is 0 Å². The number of thiophene rings is 1. The summed E-state index contributed by atoms with van der Waals surface area (Å²) in [5.74, 6) is -0.371. The second kappa shape index (κ2) is 9.59. The number of nitrogens with zero attached hydrogens (tertiary/aromatic N) is 2. The van der Waals surface area contributed by atoms with E-state index in [0.717, 1.165) is 33.7 Å². The molecule has 1 aliphatic rings. The minimum Gasteiger partial charge on any atom is -0.301 e. The van der Waals surface area contributed by atoms with Crippen molar-refractivity contribution < 1.29 is 13.2 Å². The lowest BCUT2D eigenvalue weighted by Crippen LogP contribution is -2.42. The number of halogens is 1. The van der Waals surface area contributed by atoms with Gasteiger partial charge in [0.1, 0.15) is 10.3 Å². The van der Waals surface area contributed by atoms with Crippen molar-refractivity contribution in [2.45, 2.75) is 23.1 Å². The first-order chi connectivity index (χ1) is 16.4. The molecule has 174 valence electrons. The standard InChI is InChI=1S/C24H20ClN3O3S3/c25-21-12-13-22(33-21)34(30,31)28-14-4-7-20(28)23(29)27-24-26-19(15-32-24)18-10-8-17(9-11-18)16-5-2-1-3-6-16/h1-3,5-6,8-13,15,20H,4,7,14H2,(H,26,27,29). The molecule has 5 rings (SSSR count). The number of carbonyl (C=O) groups excluding carboxylic acids is 1. The summed E-state index contributed by atoms with van der Waals surface area (Å²) in [6, 6.07) is 20.5. The molecule has 2 aromatic heterocycles. The van der Waals surface area contributed by atoms with Gasteiger partial charge in [-0.15, -0.1) is 22.7 Å². The molecular formula is C24H20ClN3O3S3. The highest BCUT2D eigenvalue weighted by atomic mass is 35.5. The number of rotatable bonds is 6. The molecule has 1 N–H and O–H groups in total. The zero-order chi connectivity index (χ0) is 23.7. The Labute approximate surface area is 210 Å². The van der Waals surface area contributed by atoms with Crippen LogP contribution in [0.3, 0.4) is 0 Å². The fourth-order valence-corrected chi connectivity index (χ4v) is 7.95. The third-order valence-electron chi connectivity index (χ3n) is 5.64. The normalized spacial score (nSPS) is 16.6. The lowest BCUT2D eigenvalue weighted by molar-refractivity contribution is -0.119. The number of anilines is 1. The quantitative estimate of drug-likeness (QED) is 0.333. The summed E-state index contributed by atoms with van der Waals surface area (Å²) in [6.07, 6.45) is 1.08. The summed E-state index contributed by atoms with van der Waals surface area (Å²) in [4.78, 5) is 17.5. The maximum atomic E-state index is 13.0. The van der Waals surface area contributed by atoms with Gasteiger partial charge in [-0.2, -0.15) is 4.31 Å². The fourth-order valence-electron chi connectivity index (χ4n) is 3.96. The summed E-state index contributed by atoms with van der Waals surface area (Å²) in [6.45, 7) is 0.298. The van der Waals surface area contributed by atoms with Crippen molar-refractivity contribution in [3.05, 3.63) is 76.4 Å². The number of hydrogen-bond donors (Lipinski definition) is 1. The number of hydrogen-bond acceptors (Lipinski definition) is 6. The SMILES string of the molecule is O=C(Nc1nc(-c2ccc(-c3ccccc3)cc2)cs1)C1CCCN1S(=O)(=O)c1ccc(Cl)s1. The number of sulfonamides is 1. The van der Waals surface area contributed by atoms with Crippen molar-refractivity contribution in [2.24, 2.45) is 0 Å². The second-order valence-corrected chi connectivity index (χ2v) is 12.5. The second-order valence-electron chi connectivity index (χ2n) is 7.80. The molecule has 1 amide bonds. The molecule has 6 nitrogen and oxygen atoms in total. The van der Waals surface area contributed by atoms with E-state index < -0.39 is 16.1 Å². The van der Waals surface area contributed by atoms with Gasteiger partial charge in [0.25, 0.3) is 10.0 Å². The predicted molar refractivity (Wildman–Crippen MR) is 138 cm³/mol. The van der Waals surface area contributed by atoms with Crippen molar-refractivity contribution in [2.75, 3.05) is 11.9 Å². The van der Waals surface area contributed by atoms with Crippen LogP contribution < -0.4 is 5.32 Å². The minimum absolute atomic E-state index is 0.146. The molecule has 2 aromatic carbocycles. The monoisotopic (exact) mass is 529 g/mol. The highest BCUT2D eigenvalue weighted by Gasteiger charge is 2.40. The molecule has 3 heterocycles. The molecule has 1 fully saturated rings. The zero-order valence-corrected chi connectivity index (χ0v) is 21.1. The van der Waals surface area contributed by atoms with Crippen molar-refractivity contribution in [1.29, 1.82) is 0 Å². The van der Waals surface area contributed by atoms with Crippen molar-refractivity contribution in [3.8, 4) is 22.4 Å². The van der Waals surface area contributed by atoms with E-state index >= 15 is 0 Å². The van der Waals surface area contributed by atoms with Gasteiger partial charge < -0.3 is 5.32 Å². The number of aromatic nitrogens is 1. The van der Waals surface area contributed by atoms with Crippen LogP contribution >= 0.6 is 34.3 Å². The van der Waals surface area contributed by atoms with Gasteiger partial charge in [-0.1, -0.05) is 66.2 Å². The average Bonchev–Trinajstić information content (AvgIpc) is 3.61. The molecule has 0 aliphatic carbocycles. The Kier molecular flexibility index (Phi) is 6.54. The van der Waals surface area contributed by atoms with Crippen molar-refractivity contribution >= 4 is 55.3 Å². The summed E-state index contributed by atoms with van der Waals surface area (Å²) >= 11 is 8.23. The van der Waals surface area contributed by atoms with E-state index in [4.69, 9.17) is 11.6 Å². The van der Waals surface area contributed by atoms with Crippen LogP contribution in [0.25, 0.3) is 22.4 Å². The van der Waals surface area contributed by atoms with Crippen molar-refractivity contribution in [1.82, 2.24) is 9.29 Å². The topological polar surface area (TPSA) is 79.4 Å². The molecule has 4 aromatic rings. The Morgan fingerprint density at radius 3 is 2.41 bits per heavy atom. The molecule has 0 saturated carbocycles. The fraction of sp³-hybridized carbons (Fsp3) is 0.167. The van der Waals surface area contributed by atoms with E-state index in [1.807, 2.05) is 47.8 Å². The van der Waals surface area contributed by atoms with E-state index in [1.165, 1.54) is 21.7 Å². The molecule has 34 heavy (non-hydrogen) atoms. The van der Waals surface area contributed by atoms with Crippen molar-refractivity contribution in [3.63, 3.8) is 0 Å². The molecule has 1 saturated heterocycles. The van der Waals surface area contributed by atoms with Gasteiger partial charge in [0, 0.05) is 17.5 Å². The van der Waals surface area contributed by atoms with Crippen LogP contribution in [0.4, 0.5) is 5.13 Å². The number of nitrogens with one attached hydrogen (secondary N) is 1. The molecule has 0 radical (unpaired) electrons. The molecular weight excluding hydrogens is 510 g/mol. The van der Waals surface area contributed by atoms with Gasteiger partial charge >= 0.3 is 0 Å².